The van der Waals surface area contributed by atoms with Crippen LogP contribution in [0.1, 0.15) is 28.2 Å². The van der Waals surface area contributed by atoms with Crippen LogP contribution in [0.15, 0.2) is 53.1 Å². The molecule has 2 heterocycles. The molecular formula is C25H29ClN4O3. The molecule has 174 valence electrons. The molecule has 3 aromatic rings. The van der Waals surface area contributed by atoms with E-state index < -0.39 is 0 Å². The molecular weight excluding hydrogens is 440 g/mol. The highest BCUT2D eigenvalue weighted by Crippen LogP contribution is 2.19. The molecule has 1 aliphatic rings. The Bertz CT molecular complexity index is 1050. The summed E-state index contributed by atoms with van der Waals surface area (Å²) in [6, 6.07) is 15.2. The Morgan fingerprint density at radius 1 is 1.09 bits per heavy atom. The summed E-state index contributed by atoms with van der Waals surface area (Å²) in [5.41, 5.74) is 2.59. The fraction of sp³-hybridized carbons (Fsp3) is 0.400. The molecule has 0 aliphatic carbocycles. The minimum atomic E-state index is -0.0825. The highest BCUT2D eigenvalue weighted by Gasteiger charge is 2.20. The number of carbonyl (C=O) groups excluding carboxylic acids is 1. The van der Waals surface area contributed by atoms with Gasteiger partial charge in [-0.2, -0.15) is 4.98 Å². The molecule has 1 aliphatic heterocycles. The lowest BCUT2D eigenvalue weighted by Gasteiger charge is -2.28. The van der Waals surface area contributed by atoms with Gasteiger partial charge in [0.25, 0.3) is 5.91 Å². The first kappa shape index (κ1) is 23.4. The number of aryl methyl sites for hydroxylation is 1. The van der Waals surface area contributed by atoms with Crippen molar-refractivity contribution in [3.63, 3.8) is 0 Å². The second-order valence-corrected chi connectivity index (χ2v) is 8.61. The number of benzene rings is 2. The molecule has 1 fully saturated rings. The first-order valence-electron chi connectivity index (χ1n) is 11.3. The highest BCUT2D eigenvalue weighted by molar-refractivity contribution is 6.33. The van der Waals surface area contributed by atoms with Gasteiger partial charge in [-0.25, -0.2) is 0 Å². The molecule has 0 unspecified atom stereocenters. The summed E-state index contributed by atoms with van der Waals surface area (Å²) in [6.07, 6.45) is 1.35. The van der Waals surface area contributed by atoms with Crippen LogP contribution in [-0.2, 0) is 11.2 Å². The van der Waals surface area contributed by atoms with E-state index in [1.165, 1.54) is 5.56 Å². The zero-order valence-electron chi connectivity index (χ0n) is 18.9. The first-order valence-corrected chi connectivity index (χ1v) is 11.7. The Morgan fingerprint density at radius 3 is 2.61 bits per heavy atom. The van der Waals surface area contributed by atoms with Gasteiger partial charge in [0.1, 0.15) is 0 Å². The summed E-state index contributed by atoms with van der Waals surface area (Å²) in [5.74, 6) is 0.984. The summed E-state index contributed by atoms with van der Waals surface area (Å²) in [4.78, 5) is 22.0. The van der Waals surface area contributed by atoms with E-state index in [1.54, 1.807) is 12.1 Å². The summed E-state index contributed by atoms with van der Waals surface area (Å²) in [7, 11) is 0. The summed E-state index contributed by atoms with van der Waals surface area (Å²) >= 11 is 6.31. The molecule has 0 atom stereocenters. The normalized spacial score (nSPS) is 14.4. The minimum absolute atomic E-state index is 0.0825. The van der Waals surface area contributed by atoms with Gasteiger partial charge in [-0.05, 0) is 25.5 Å². The average Bonchev–Trinajstić information content (AvgIpc) is 3.31. The van der Waals surface area contributed by atoms with Crippen molar-refractivity contribution in [2.45, 2.75) is 19.8 Å². The number of hydrogen-bond donors (Lipinski definition) is 0. The summed E-state index contributed by atoms with van der Waals surface area (Å²) in [6.45, 7) is 7.46. The minimum Gasteiger partial charge on any atom is -0.379 e. The molecule has 8 heteroatoms. The van der Waals surface area contributed by atoms with E-state index in [9.17, 15) is 4.79 Å². The van der Waals surface area contributed by atoms with Crippen LogP contribution < -0.4 is 0 Å². The Hall–Kier alpha value is -2.74. The van der Waals surface area contributed by atoms with Crippen molar-refractivity contribution in [2.75, 3.05) is 45.9 Å². The molecule has 7 nitrogen and oxygen atoms in total. The van der Waals surface area contributed by atoms with Crippen molar-refractivity contribution in [3.8, 4) is 11.4 Å². The Labute approximate surface area is 199 Å². The van der Waals surface area contributed by atoms with Crippen molar-refractivity contribution < 1.29 is 14.1 Å². The molecule has 1 saturated heterocycles. The molecule has 1 aromatic heterocycles. The Morgan fingerprint density at radius 2 is 1.85 bits per heavy atom. The quantitative estimate of drug-likeness (QED) is 0.470. The van der Waals surface area contributed by atoms with Crippen molar-refractivity contribution >= 4 is 17.5 Å². The molecule has 2 aromatic carbocycles. The second kappa shape index (κ2) is 11.4. The average molecular weight is 469 g/mol. The van der Waals surface area contributed by atoms with E-state index in [2.05, 4.69) is 15.0 Å². The Kier molecular flexibility index (Phi) is 8.10. The SMILES string of the molecule is Cc1ccc(-c2noc(CCN(CCCN3CCOCC3)C(=O)c3ccccc3Cl)n2)cc1. The van der Waals surface area contributed by atoms with Crippen molar-refractivity contribution in [1.29, 1.82) is 0 Å². The van der Waals surface area contributed by atoms with E-state index >= 15 is 0 Å². The molecule has 0 N–H and O–H groups in total. The Balaban J connectivity index is 1.41. The predicted octanol–water partition coefficient (Wildman–Crippen LogP) is 4.11. The summed E-state index contributed by atoms with van der Waals surface area (Å²) < 4.78 is 10.9. The van der Waals surface area contributed by atoms with E-state index in [4.69, 9.17) is 20.9 Å². The van der Waals surface area contributed by atoms with Crippen molar-refractivity contribution in [2.24, 2.45) is 0 Å². The lowest BCUT2D eigenvalue weighted by atomic mass is 10.1. The van der Waals surface area contributed by atoms with Gasteiger partial charge in [-0.15, -0.1) is 0 Å². The number of aromatic nitrogens is 2. The van der Waals surface area contributed by atoms with Gasteiger partial charge < -0.3 is 14.2 Å². The van der Waals surface area contributed by atoms with Gasteiger partial charge in [0.05, 0.1) is 23.8 Å². The first-order chi connectivity index (χ1) is 16.1. The third kappa shape index (κ3) is 6.41. The maximum atomic E-state index is 13.3. The van der Waals surface area contributed by atoms with Crippen molar-refractivity contribution in [1.82, 2.24) is 19.9 Å². The van der Waals surface area contributed by atoms with Crippen LogP contribution in [0.5, 0.6) is 0 Å². The smallest absolute Gasteiger partial charge is 0.255 e. The van der Waals surface area contributed by atoms with Crippen LogP contribution in [-0.4, -0.2) is 71.8 Å². The molecule has 0 spiro atoms. The third-order valence-electron chi connectivity index (χ3n) is 5.77. The van der Waals surface area contributed by atoms with E-state index in [1.807, 2.05) is 48.2 Å². The predicted molar refractivity (Wildman–Crippen MR) is 127 cm³/mol. The number of halogens is 1. The topological polar surface area (TPSA) is 71.7 Å². The lowest BCUT2D eigenvalue weighted by molar-refractivity contribution is 0.0357. The molecule has 0 bridgehead atoms. The van der Waals surface area contributed by atoms with Gasteiger partial charge in [-0.3, -0.25) is 9.69 Å². The van der Waals surface area contributed by atoms with Gasteiger partial charge >= 0.3 is 0 Å². The van der Waals surface area contributed by atoms with Gasteiger partial charge in [-0.1, -0.05) is 58.7 Å². The standard InChI is InChI=1S/C25H29ClN4O3/c1-19-7-9-20(10-8-19)24-27-23(33-28-24)11-14-30(13-4-12-29-15-17-32-18-16-29)25(31)21-5-2-3-6-22(21)26/h2-3,5-10H,4,11-18H2,1H3. The number of carbonyl (C=O) groups is 1. The number of morpholine rings is 1. The van der Waals surface area contributed by atoms with Crippen LogP contribution in [0.2, 0.25) is 5.02 Å². The number of nitrogens with zero attached hydrogens (tertiary/aromatic N) is 4. The van der Waals surface area contributed by atoms with Crippen LogP contribution in [0.4, 0.5) is 0 Å². The van der Waals surface area contributed by atoms with Crippen LogP contribution in [0.3, 0.4) is 0 Å². The molecule has 4 rings (SSSR count). The molecule has 33 heavy (non-hydrogen) atoms. The van der Waals surface area contributed by atoms with Crippen LogP contribution in [0, 0.1) is 6.92 Å². The van der Waals surface area contributed by atoms with E-state index in [-0.39, 0.29) is 5.91 Å². The zero-order valence-corrected chi connectivity index (χ0v) is 19.6. The van der Waals surface area contributed by atoms with Crippen LogP contribution >= 0.6 is 11.6 Å². The fourth-order valence-electron chi connectivity index (χ4n) is 3.84. The van der Waals surface area contributed by atoms with Gasteiger partial charge in [0, 0.05) is 44.7 Å². The summed E-state index contributed by atoms with van der Waals surface area (Å²) in [5, 5.41) is 4.56. The van der Waals surface area contributed by atoms with Gasteiger partial charge in [0.15, 0.2) is 0 Å². The second-order valence-electron chi connectivity index (χ2n) is 8.21. The maximum absolute atomic E-state index is 13.3. The lowest BCUT2D eigenvalue weighted by Crippen LogP contribution is -2.39. The van der Waals surface area contributed by atoms with Crippen molar-refractivity contribution in [3.05, 3.63) is 70.6 Å². The monoisotopic (exact) mass is 468 g/mol. The number of amides is 1. The molecule has 1 amide bonds. The number of hydrogen-bond acceptors (Lipinski definition) is 6. The molecule has 0 radical (unpaired) electrons. The number of ether oxygens (including phenoxy) is 1. The number of rotatable bonds is 9. The van der Waals surface area contributed by atoms with Gasteiger partial charge in [0.2, 0.25) is 11.7 Å². The van der Waals surface area contributed by atoms with E-state index in [0.717, 1.165) is 44.8 Å². The highest BCUT2D eigenvalue weighted by atomic mass is 35.5. The largest absolute Gasteiger partial charge is 0.379 e. The zero-order chi connectivity index (χ0) is 23.0. The van der Waals surface area contributed by atoms with Crippen LogP contribution in [0.25, 0.3) is 11.4 Å². The maximum Gasteiger partial charge on any atom is 0.255 e. The molecule has 0 saturated carbocycles. The fourth-order valence-corrected chi connectivity index (χ4v) is 4.05. The third-order valence-corrected chi connectivity index (χ3v) is 6.10. The van der Waals surface area contributed by atoms with E-state index in [0.29, 0.717) is 41.8 Å².